The summed E-state index contributed by atoms with van der Waals surface area (Å²) in [5.41, 5.74) is 1.28. The third-order valence-electron chi connectivity index (χ3n) is 3.30. The van der Waals surface area contributed by atoms with E-state index in [1.54, 1.807) is 0 Å². The van der Waals surface area contributed by atoms with E-state index in [1.807, 2.05) is 24.3 Å². The quantitative estimate of drug-likeness (QED) is 0.773. The van der Waals surface area contributed by atoms with Crippen LogP contribution in [0.15, 0.2) is 42.2 Å². The zero-order valence-electron chi connectivity index (χ0n) is 9.06. The lowest BCUT2D eigenvalue weighted by atomic mass is 10.1. The summed E-state index contributed by atoms with van der Waals surface area (Å²) >= 11 is 0. The molecule has 1 saturated carbocycles. The first-order valence-electron chi connectivity index (χ1n) is 5.78. The van der Waals surface area contributed by atoms with E-state index in [1.165, 1.54) is 5.56 Å². The molecule has 1 aromatic rings. The molecule has 2 nitrogen and oxygen atoms in total. The third kappa shape index (κ3) is 1.64. The van der Waals surface area contributed by atoms with Crippen molar-refractivity contribution in [1.29, 1.82) is 0 Å². The monoisotopic (exact) mass is 214 g/mol. The Hall–Kier alpha value is -1.57. The topological polar surface area (TPSA) is 26.3 Å². The van der Waals surface area contributed by atoms with Gasteiger partial charge in [0.05, 0.1) is 6.61 Å². The van der Waals surface area contributed by atoms with Crippen LogP contribution in [0.4, 0.5) is 0 Å². The summed E-state index contributed by atoms with van der Waals surface area (Å²) in [6, 6.07) is 10.3. The zero-order valence-corrected chi connectivity index (χ0v) is 9.06. The number of carbonyl (C=O) groups is 1. The number of carbonyl (C=O) groups excluding carboxylic acids is 1. The summed E-state index contributed by atoms with van der Waals surface area (Å²) in [6.45, 7) is 0.670. The number of hydrogen-bond acceptors (Lipinski definition) is 2. The van der Waals surface area contributed by atoms with E-state index in [9.17, 15) is 4.79 Å². The van der Waals surface area contributed by atoms with Crippen molar-refractivity contribution < 1.29 is 9.53 Å². The number of Topliss-reactive ketones (excluding diaryl/α,β-unsaturated/α-hetero) is 1. The maximum atomic E-state index is 12.0. The first-order valence-corrected chi connectivity index (χ1v) is 5.78. The lowest BCUT2D eigenvalue weighted by Crippen LogP contribution is -2.06. The summed E-state index contributed by atoms with van der Waals surface area (Å²) in [4.78, 5) is 12.0. The highest BCUT2D eigenvalue weighted by Crippen LogP contribution is 2.49. The molecule has 0 N–H and O–H groups in total. The Morgan fingerprint density at radius 2 is 2.06 bits per heavy atom. The van der Waals surface area contributed by atoms with Crippen LogP contribution in [0.3, 0.4) is 0 Å². The molecule has 0 amide bonds. The number of allylic oxidation sites excluding steroid dienone is 1. The number of rotatable bonds is 3. The van der Waals surface area contributed by atoms with E-state index >= 15 is 0 Å². The molecule has 2 atom stereocenters. The highest BCUT2D eigenvalue weighted by Gasteiger charge is 2.45. The maximum absolute atomic E-state index is 12.0. The minimum atomic E-state index is 0.159. The van der Waals surface area contributed by atoms with E-state index in [2.05, 4.69) is 12.1 Å². The van der Waals surface area contributed by atoms with Crippen molar-refractivity contribution in [3.63, 3.8) is 0 Å². The Kier molecular flexibility index (Phi) is 2.28. The van der Waals surface area contributed by atoms with Gasteiger partial charge in [-0.2, -0.15) is 0 Å². The average molecular weight is 214 g/mol. The molecular formula is C14H14O2. The fourth-order valence-corrected chi connectivity index (χ4v) is 2.33. The lowest BCUT2D eigenvalue weighted by molar-refractivity contribution is -0.119. The lowest BCUT2D eigenvalue weighted by Gasteiger charge is -2.02. The zero-order chi connectivity index (χ0) is 11.0. The fraction of sp³-hybridized carbons (Fsp3) is 0.357. The molecule has 1 aliphatic carbocycles. The van der Waals surface area contributed by atoms with Crippen molar-refractivity contribution in [2.24, 2.45) is 5.92 Å². The van der Waals surface area contributed by atoms with Crippen LogP contribution in [0.1, 0.15) is 24.3 Å². The molecule has 3 rings (SSSR count). The Bertz CT molecular complexity index is 433. The summed E-state index contributed by atoms with van der Waals surface area (Å²) < 4.78 is 5.31. The van der Waals surface area contributed by atoms with Crippen LogP contribution >= 0.6 is 0 Å². The molecule has 2 unspecified atom stereocenters. The molecular weight excluding hydrogens is 200 g/mol. The van der Waals surface area contributed by atoms with Crippen molar-refractivity contribution >= 4 is 5.78 Å². The standard InChI is InChI=1S/C14H14O2/c15-14(13-7-4-8-16-13)12-9-11(12)10-5-2-1-3-6-10/h1-3,5-7,11-12H,4,8-9H2. The van der Waals surface area contributed by atoms with Crippen LogP contribution < -0.4 is 0 Å². The largest absolute Gasteiger partial charge is 0.490 e. The van der Waals surface area contributed by atoms with E-state index in [0.29, 0.717) is 18.3 Å². The maximum Gasteiger partial charge on any atom is 0.200 e. The highest BCUT2D eigenvalue weighted by molar-refractivity contribution is 5.98. The predicted octanol–water partition coefficient (Wildman–Crippen LogP) is 2.66. The van der Waals surface area contributed by atoms with E-state index < -0.39 is 0 Å². The van der Waals surface area contributed by atoms with Crippen molar-refractivity contribution in [2.75, 3.05) is 6.61 Å². The molecule has 82 valence electrons. The molecule has 1 aliphatic heterocycles. The first kappa shape index (κ1) is 9.64. The van der Waals surface area contributed by atoms with E-state index in [4.69, 9.17) is 4.74 Å². The summed E-state index contributed by atoms with van der Waals surface area (Å²) in [7, 11) is 0. The number of ether oxygens (including phenoxy) is 1. The average Bonchev–Trinajstić information content (AvgIpc) is 2.95. The molecule has 2 heteroatoms. The van der Waals surface area contributed by atoms with Gasteiger partial charge in [0, 0.05) is 12.3 Å². The smallest absolute Gasteiger partial charge is 0.200 e. The van der Waals surface area contributed by atoms with Gasteiger partial charge in [-0.3, -0.25) is 4.79 Å². The van der Waals surface area contributed by atoms with Gasteiger partial charge >= 0.3 is 0 Å². The number of benzene rings is 1. The van der Waals surface area contributed by atoms with Gasteiger partial charge in [0.25, 0.3) is 0 Å². The second-order valence-corrected chi connectivity index (χ2v) is 4.43. The van der Waals surface area contributed by atoms with Gasteiger partial charge < -0.3 is 4.74 Å². The van der Waals surface area contributed by atoms with Gasteiger partial charge in [-0.15, -0.1) is 0 Å². The van der Waals surface area contributed by atoms with Gasteiger partial charge in [-0.25, -0.2) is 0 Å². The van der Waals surface area contributed by atoms with Gasteiger partial charge in [-0.05, 0) is 24.0 Å². The van der Waals surface area contributed by atoms with Crippen LogP contribution in [0.2, 0.25) is 0 Å². The SMILES string of the molecule is O=C(C1=CCCO1)C1CC1c1ccccc1. The Morgan fingerprint density at radius 1 is 1.25 bits per heavy atom. The van der Waals surface area contributed by atoms with Crippen LogP contribution in [0.25, 0.3) is 0 Å². The summed E-state index contributed by atoms with van der Waals surface area (Å²) in [6.07, 6.45) is 3.77. The van der Waals surface area contributed by atoms with Crippen molar-refractivity contribution in [3.05, 3.63) is 47.7 Å². The van der Waals surface area contributed by atoms with Crippen LogP contribution in [0, 0.1) is 5.92 Å². The molecule has 16 heavy (non-hydrogen) atoms. The first-order chi connectivity index (χ1) is 7.86. The summed E-state index contributed by atoms with van der Waals surface area (Å²) in [5, 5.41) is 0. The Balaban J connectivity index is 1.70. The van der Waals surface area contributed by atoms with Crippen molar-refractivity contribution in [1.82, 2.24) is 0 Å². The molecule has 2 aliphatic rings. The molecule has 0 saturated heterocycles. The van der Waals surface area contributed by atoms with Crippen LogP contribution in [0.5, 0.6) is 0 Å². The predicted molar refractivity (Wildman–Crippen MR) is 60.9 cm³/mol. The highest BCUT2D eigenvalue weighted by atomic mass is 16.5. The second kappa shape index (κ2) is 3.78. The third-order valence-corrected chi connectivity index (χ3v) is 3.30. The van der Waals surface area contributed by atoms with Crippen LogP contribution in [-0.4, -0.2) is 12.4 Å². The van der Waals surface area contributed by atoms with Crippen molar-refractivity contribution in [2.45, 2.75) is 18.8 Å². The molecule has 0 radical (unpaired) electrons. The van der Waals surface area contributed by atoms with Gasteiger partial charge in [0.1, 0.15) is 0 Å². The molecule has 1 fully saturated rings. The normalized spacial score (nSPS) is 27.1. The molecule has 1 heterocycles. The molecule has 0 bridgehead atoms. The summed E-state index contributed by atoms with van der Waals surface area (Å²) in [5.74, 6) is 1.38. The minimum absolute atomic E-state index is 0.159. The molecule has 1 aromatic carbocycles. The van der Waals surface area contributed by atoms with E-state index in [-0.39, 0.29) is 11.7 Å². The Morgan fingerprint density at radius 3 is 2.75 bits per heavy atom. The minimum Gasteiger partial charge on any atom is -0.490 e. The van der Waals surface area contributed by atoms with Gasteiger partial charge in [0.2, 0.25) is 5.78 Å². The van der Waals surface area contributed by atoms with E-state index in [0.717, 1.165) is 12.8 Å². The van der Waals surface area contributed by atoms with Crippen molar-refractivity contribution in [3.8, 4) is 0 Å². The molecule has 0 aromatic heterocycles. The number of ketones is 1. The molecule has 0 spiro atoms. The number of hydrogen-bond donors (Lipinski definition) is 0. The second-order valence-electron chi connectivity index (χ2n) is 4.43. The fourth-order valence-electron chi connectivity index (χ4n) is 2.33. The Labute approximate surface area is 94.9 Å². The van der Waals surface area contributed by atoms with Crippen LogP contribution in [-0.2, 0) is 9.53 Å². The van der Waals surface area contributed by atoms with Gasteiger partial charge in [0.15, 0.2) is 5.76 Å². The van der Waals surface area contributed by atoms with Gasteiger partial charge in [-0.1, -0.05) is 30.3 Å².